The van der Waals surface area contributed by atoms with Crippen molar-refractivity contribution in [3.05, 3.63) is 42.6 Å². The van der Waals surface area contributed by atoms with Crippen molar-refractivity contribution in [2.75, 3.05) is 7.11 Å². The van der Waals surface area contributed by atoms with Gasteiger partial charge in [-0.15, -0.1) is 0 Å². The average Bonchev–Trinajstić information content (AvgIpc) is 2.24. The average molecular weight is 305 g/mol. The van der Waals surface area contributed by atoms with E-state index in [1.54, 1.807) is 11.8 Å². The van der Waals surface area contributed by atoms with Gasteiger partial charge in [-0.1, -0.05) is 12.1 Å². The summed E-state index contributed by atoms with van der Waals surface area (Å²) in [7, 11) is -9.00. The van der Waals surface area contributed by atoms with Crippen molar-refractivity contribution >= 4 is 18.7 Å². The summed E-state index contributed by atoms with van der Waals surface area (Å²) in [5.41, 5.74) is 1.09. The van der Waals surface area contributed by atoms with E-state index in [4.69, 9.17) is 4.84 Å². The fraction of sp³-hybridized carbons (Fsp3) is 0.100. The molecule has 0 atom stereocenters. The molecular formula is C10H10F6NOP. The van der Waals surface area contributed by atoms with Crippen molar-refractivity contribution in [3.8, 4) is 0 Å². The minimum absolute atomic E-state index is 1.09. The molecule has 1 aromatic heterocycles. The van der Waals surface area contributed by atoms with Gasteiger partial charge in [0.1, 0.15) is 7.11 Å². The van der Waals surface area contributed by atoms with E-state index >= 15 is 0 Å². The molecule has 0 fully saturated rings. The van der Waals surface area contributed by atoms with Crippen molar-refractivity contribution in [1.29, 1.82) is 0 Å². The summed E-state index contributed by atoms with van der Waals surface area (Å²) >= 11 is 0. The second-order valence-corrected chi connectivity index (χ2v) is 5.45. The third-order valence-electron chi connectivity index (χ3n) is 1.87. The standard InChI is InChI=1S/C10H10NO.F6P/c1-12-11-8-4-6-9-5-2-3-7-10(9)11;1-7(2,3,4,5)6/h2-8H,1H3;/q+1;-1. The van der Waals surface area contributed by atoms with Gasteiger partial charge in [-0.2, -0.15) is 0 Å². The summed E-state index contributed by atoms with van der Waals surface area (Å²) in [6.07, 6.45) is 1.89. The summed E-state index contributed by atoms with van der Waals surface area (Å²) in [6, 6.07) is 12.1. The Morgan fingerprint density at radius 1 is 0.895 bits per heavy atom. The van der Waals surface area contributed by atoms with Crippen molar-refractivity contribution in [2.45, 2.75) is 0 Å². The van der Waals surface area contributed by atoms with E-state index in [1.165, 1.54) is 5.39 Å². The SMILES string of the molecule is CO[n+]1cccc2ccccc21.F[P-](F)(F)(F)(F)F. The van der Waals surface area contributed by atoms with E-state index in [0.717, 1.165) is 5.52 Å². The summed E-state index contributed by atoms with van der Waals surface area (Å²) in [6.45, 7) is 0. The van der Waals surface area contributed by atoms with E-state index in [2.05, 4.69) is 12.1 Å². The first kappa shape index (κ1) is 15.5. The maximum atomic E-state index is 9.87. The van der Waals surface area contributed by atoms with Gasteiger partial charge in [0.25, 0.3) is 5.52 Å². The number of nitrogens with zero attached hydrogens (tertiary/aromatic N) is 1. The topological polar surface area (TPSA) is 13.1 Å². The van der Waals surface area contributed by atoms with Crippen molar-refractivity contribution in [1.82, 2.24) is 0 Å². The van der Waals surface area contributed by atoms with Crippen LogP contribution in [0.25, 0.3) is 10.9 Å². The molecule has 0 spiro atoms. The molecule has 0 N–H and O–H groups in total. The number of halogens is 6. The second-order valence-electron chi connectivity index (χ2n) is 3.53. The Labute approximate surface area is 104 Å². The number of pyridine rings is 1. The molecule has 2 aromatic rings. The van der Waals surface area contributed by atoms with Crippen LogP contribution < -0.4 is 9.57 Å². The molecule has 0 radical (unpaired) electrons. The summed E-state index contributed by atoms with van der Waals surface area (Å²) in [5.74, 6) is 0. The van der Waals surface area contributed by atoms with Crippen molar-refractivity contribution in [2.24, 2.45) is 0 Å². The molecule has 0 aliphatic heterocycles. The van der Waals surface area contributed by atoms with Crippen LogP contribution in [-0.2, 0) is 0 Å². The number of rotatable bonds is 1. The minimum atomic E-state index is -10.7. The first-order valence-electron chi connectivity index (χ1n) is 4.87. The van der Waals surface area contributed by atoms with Crippen LogP contribution >= 0.6 is 7.81 Å². The van der Waals surface area contributed by atoms with Crippen LogP contribution in [0.15, 0.2) is 42.6 Å². The van der Waals surface area contributed by atoms with Gasteiger partial charge in [-0.05, 0) is 12.1 Å². The molecular weight excluding hydrogens is 295 g/mol. The van der Waals surface area contributed by atoms with Crippen molar-refractivity contribution in [3.63, 3.8) is 0 Å². The van der Waals surface area contributed by atoms with E-state index in [1.807, 2.05) is 30.5 Å². The van der Waals surface area contributed by atoms with Crippen LogP contribution in [-0.4, -0.2) is 7.11 Å². The van der Waals surface area contributed by atoms with E-state index in [0.29, 0.717) is 0 Å². The molecule has 0 amide bonds. The summed E-state index contributed by atoms with van der Waals surface area (Å²) < 4.78 is 60.9. The Bertz CT molecular complexity index is 566. The Morgan fingerprint density at radius 3 is 1.89 bits per heavy atom. The fourth-order valence-corrected chi connectivity index (χ4v) is 1.29. The van der Waals surface area contributed by atoms with Gasteiger partial charge in [-0.25, -0.2) is 0 Å². The van der Waals surface area contributed by atoms with Gasteiger partial charge < -0.3 is 0 Å². The zero-order valence-corrected chi connectivity index (χ0v) is 10.5. The van der Waals surface area contributed by atoms with Gasteiger partial charge in [0.05, 0.1) is 5.39 Å². The molecule has 0 unspecified atom stereocenters. The fourth-order valence-electron chi connectivity index (χ4n) is 1.29. The third kappa shape index (κ3) is 7.46. The molecule has 0 saturated carbocycles. The predicted octanol–water partition coefficient (Wildman–Crippen LogP) is 4.57. The van der Waals surface area contributed by atoms with E-state index in [9.17, 15) is 25.2 Å². The molecule has 0 aliphatic rings. The Hall–Kier alpha value is -1.56. The van der Waals surface area contributed by atoms with Crippen LogP contribution in [0, 0.1) is 0 Å². The Kier molecular flexibility index (Phi) is 3.45. The molecule has 19 heavy (non-hydrogen) atoms. The first-order chi connectivity index (χ1) is 8.36. The molecule has 2 rings (SSSR count). The van der Waals surface area contributed by atoms with Crippen LogP contribution in [0.2, 0.25) is 0 Å². The number of aromatic nitrogens is 1. The first-order valence-corrected chi connectivity index (χ1v) is 6.90. The molecule has 1 aromatic carbocycles. The molecule has 0 bridgehead atoms. The molecule has 9 heteroatoms. The van der Waals surface area contributed by atoms with Crippen LogP contribution in [0.1, 0.15) is 0 Å². The normalized spacial score (nSPS) is 14.9. The van der Waals surface area contributed by atoms with Gasteiger partial charge in [0.2, 0.25) is 6.20 Å². The summed E-state index contributed by atoms with van der Waals surface area (Å²) in [5, 5.41) is 1.18. The van der Waals surface area contributed by atoms with Gasteiger partial charge in [-0.3, -0.25) is 4.84 Å². The Balaban J connectivity index is 0.000000224. The van der Waals surface area contributed by atoms with Crippen LogP contribution in [0.4, 0.5) is 25.2 Å². The van der Waals surface area contributed by atoms with Gasteiger partial charge in [0.15, 0.2) is 0 Å². The van der Waals surface area contributed by atoms with E-state index in [-0.39, 0.29) is 0 Å². The number of fused-ring (bicyclic) bond motifs is 1. The zero-order valence-electron chi connectivity index (χ0n) is 9.61. The quantitative estimate of drug-likeness (QED) is 0.427. The number of benzene rings is 1. The van der Waals surface area contributed by atoms with Crippen LogP contribution in [0.3, 0.4) is 0 Å². The molecule has 1 heterocycles. The second kappa shape index (κ2) is 4.23. The molecule has 0 saturated heterocycles. The summed E-state index contributed by atoms with van der Waals surface area (Å²) in [4.78, 5) is 5.14. The number of hydrogen-bond donors (Lipinski definition) is 0. The number of para-hydroxylation sites is 1. The third-order valence-corrected chi connectivity index (χ3v) is 1.87. The van der Waals surface area contributed by atoms with Crippen molar-refractivity contribution < 1.29 is 34.7 Å². The molecule has 108 valence electrons. The zero-order chi connectivity index (χ0) is 14.8. The monoisotopic (exact) mass is 305 g/mol. The van der Waals surface area contributed by atoms with Gasteiger partial charge in [0, 0.05) is 16.9 Å². The molecule has 2 nitrogen and oxygen atoms in total. The predicted molar refractivity (Wildman–Crippen MR) is 60.2 cm³/mol. The van der Waals surface area contributed by atoms with Gasteiger partial charge >= 0.3 is 33.0 Å². The van der Waals surface area contributed by atoms with E-state index < -0.39 is 7.81 Å². The maximum absolute atomic E-state index is 10.7. The molecule has 0 aliphatic carbocycles. The Morgan fingerprint density at radius 2 is 1.37 bits per heavy atom. The van der Waals surface area contributed by atoms with Crippen LogP contribution in [0.5, 0.6) is 0 Å². The number of hydrogen-bond acceptors (Lipinski definition) is 1.